The van der Waals surface area contributed by atoms with Crippen LogP contribution in [0.3, 0.4) is 0 Å². The largest absolute Gasteiger partial charge is 0.417 e. The van der Waals surface area contributed by atoms with Crippen LogP contribution in [0.2, 0.25) is 0 Å². The molecule has 0 amide bonds. The Hall–Kier alpha value is -1.95. The zero-order valence-corrected chi connectivity index (χ0v) is 11.8. The highest BCUT2D eigenvalue weighted by Gasteiger charge is 2.33. The van der Waals surface area contributed by atoms with Crippen LogP contribution in [0, 0.1) is 0 Å². The second kappa shape index (κ2) is 6.22. The minimum Gasteiger partial charge on any atom is -0.310 e. The lowest BCUT2D eigenvalue weighted by atomic mass is 10.0. The molecule has 0 fully saturated rings. The predicted octanol–water partition coefficient (Wildman–Crippen LogP) is 3.66. The Morgan fingerprint density at radius 1 is 1.14 bits per heavy atom. The van der Waals surface area contributed by atoms with Gasteiger partial charge in [0.1, 0.15) is 0 Å². The van der Waals surface area contributed by atoms with Crippen LogP contribution in [-0.4, -0.2) is 16.0 Å². The van der Waals surface area contributed by atoms with E-state index in [0.717, 1.165) is 17.8 Å². The molecule has 1 N–H and O–H groups in total. The highest BCUT2D eigenvalue weighted by Crippen LogP contribution is 2.36. The Morgan fingerprint density at radius 2 is 1.90 bits per heavy atom. The zero-order chi connectivity index (χ0) is 15.5. The average molecular weight is 295 g/mol. The first kappa shape index (κ1) is 15.4. The number of rotatable bonds is 4. The Morgan fingerprint density at radius 3 is 2.57 bits per heavy atom. The summed E-state index contributed by atoms with van der Waals surface area (Å²) in [6.07, 6.45) is 1.02. The first-order valence-electron chi connectivity index (χ1n) is 6.57. The van der Waals surface area contributed by atoms with Gasteiger partial charge in [-0.2, -0.15) is 13.2 Å². The van der Waals surface area contributed by atoms with Gasteiger partial charge in [0.05, 0.1) is 5.56 Å². The summed E-state index contributed by atoms with van der Waals surface area (Å²) in [5.74, 6) is 0. The maximum atomic E-state index is 13.0. The van der Waals surface area contributed by atoms with Gasteiger partial charge in [-0.1, -0.05) is 13.8 Å². The summed E-state index contributed by atoms with van der Waals surface area (Å²) in [5.41, 5.74) is 0.592. The van der Waals surface area contributed by atoms with E-state index < -0.39 is 11.7 Å². The van der Waals surface area contributed by atoms with Crippen LogP contribution in [0.4, 0.5) is 13.2 Å². The molecule has 0 saturated heterocycles. The number of pyridine rings is 2. The molecule has 0 aromatic carbocycles. The van der Waals surface area contributed by atoms with Gasteiger partial charge in [-0.05, 0) is 17.7 Å². The molecule has 2 aromatic heterocycles. The van der Waals surface area contributed by atoms with E-state index in [1.807, 2.05) is 13.8 Å². The first-order valence-corrected chi connectivity index (χ1v) is 6.57. The number of hydrogen-bond acceptors (Lipinski definition) is 3. The van der Waals surface area contributed by atoms with Crippen LogP contribution in [0.5, 0.6) is 0 Å². The van der Waals surface area contributed by atoms with Crippen molar-refractivity contribution in [2.24, 2.45) is 0 Å². The normalized spacial score (nSPS) is 11.9. The van der Waals surface area contributed by atoms with Gasteiger partial charge in [0.2, 0.25) is 0 Å². The van der Waals surface area contributed by atoms with Crippen LogP contribution in [0.15, 0.2) is 36.9 Å². The minimum absolute atomic E-state index is 0.0453. The van der Waals surface area contributed by atoms with Gasteiger partial charge in [-0.15, -0.1) is 0 Å². The number of aromatic nitrogens is 2. The average Bonchev–Trinajstić information content (AvgIpc) is 2.44. The molecule has 2 aromatic rings. The molecule has 2 heterocycles. The van der Waals surface area contributed by atoms with E-state index in [2.05, 4.69) is 15.3 Å². The molecule has 0 saturated carbocycles. The second-order valence-corrected chi connectivity index (χ2v) is 5.04. The Kier molecular flexibility index (Phi) is 4.57. The van der Waals surface area contributed by atoms with Crippen LogP contribution < -0.4 is 5.32 Å². The topological polar surface area (TPSA) is 37.8 Å². The molecular weight excluding hydrogens is 279 g/mol. The van der Waals surface area contributed by atoms with Crippen LogP contribution >= 0.6 is 0 Å². The van der Waals surface area contributed by atoms with Crippen molar-refractivity contribution in [3.63, 3.8) is 0 Å². The van der Waals surface area contributed by atoms with Gasteiger partial charge in [0.15, 0.2) is 0 Å². The van der Waals surface area contributed by atoms with E-state index >= 15 is 0 Å². The van der Waals surface area contributed by atoms with Crippen LogP contribution in [0.1, 0.15) is 25.0 Å². The minimum atomic E-state index is -4.41. The summed E-state index contributed by atoms with van der Waals surface area (Å²) in [4.78, 5) is 7.82. The van der Waals surface area contributed by atoms with Gasteiger partial charge >= 0.3 is 6.18 Å². The number of nitrogens with one attached hydrogen (secondary N) is 1. The summed E-state index contributed by atoms with van der Waals surface area (Å²) in [6.45, 7) is 4.56. The molecule has 0 bridgehead atoms. The van der Waals surface area contributed by atoms with Crippen LogP contribution in [0.25, 0.3) is 11.1 Å². The van der Waals surface area contributed by atoms with Crippen molar-refractivity contribution in [2.75, 3.05) is 0 Å². The van der Waals surface area contributed by atoms with Crippen molar-refractivity contribution in [1.29, 1.82) is 0 Å². The fraction of sp³-hybridized carbons (Fsp3) is 0.333. The molecule has 0 atom stereocenters. The van der Waals surface area contributed by atoms with Crippen molar-refractivity contribution in [3.05, 3.63) is 48.0 Å². The first-order chi connectivity index (χ1) is 9.88. The monoisotopic (exact) mass is 295 g/mol. The van der Waals surface area contributed by atoms with Crippen molar-refractivity contribution >= 4 is 0 Å². The number of halogens is 3. The van der Waals surface area contributed by atoms with Gasteiger partial charge in [0, 0.05) is 48.5 Å². The fourth-order valence-corrected chi connectivity index (χ4v) is 1.93. The van der Waals surface area contributed by atoms with Crippen molar-refractivity contribution < 1.29 is 13.2 Å². The molecule has 112 valence electrons. The third-order valence-corrected chi connectivity index (χ3v) is 2.95. The highest BCUT2D eigenvalue weighted by molar-refractivity contribution is 5.66. The van der Waals surface area contributed by atoms with E-state index in [0.29, 0.717) is 12.1 Å². The van der Waals surface area contributed by atoms with E-state index in [4.69, 9.17) is 0 Å². The lowest BCUT2D eigenvalue weighted by molar-refractivity contribution is -0.137. The Balaban J connectivity index is 2.37. The van der Waals surface area contributed by atoms with Crippen LogP contribution in [-0.2, 0) is 12.7 Å². The summed E-state index contributed by atoms with van der Waals surface area (Å²) in [6, 6.07) is 2.97. The molecule has 0 radical (unpaired) electrons. The molecule has 21 heavy (non-hydrogen) atoms. The smallest absolute Gasteiger partial charge is 0.310 e. The molecule has 0 aliphatic rings. The van der Waals surface area contributed by atoms with E-state index in [1.54, 1.807) is 12.3 Å². The molecule has 0 aliphatic carbocycles. The van der Waals surface area contributed by atoms with Gasteiger partial charge in [-0.3, -0.25) is 9.97 Å². The molecule has 2 rings (SSSR count). The van der Waals surface area contributed by atoms with Gasteiger partial charge < -0.3 is 5.32 Å². The molecule has 0 spiro atoms. The Bertz CT molecular complexity index is 609. The molecule has 3 nitrogen and oxygen atoms in total. The van der Waals surface area contributed by atoms with Gasteiger partial charge in [0.25, 0.3) is 0 Å². The highest BCUT2D eigenvalue weighted by atomic mass is 19.4. The quantitative estimate of drug-likeness (QED) is 0.935. The SMILES string of the molecule is CC(C)NCc1cncc(-c2cnccc2C(F)(F)F)c1. The molecular formula is C15H16F3N3. The van der Waals surface area contributed by atoms with Gasteiger partial charge in [-0.25, -0.2) is 0 Å². The summed E-state index contributed by atoms with van der Waals surface area (Å²) in [7, 11) is 0. The zero-order valence-electron chi connectivity index (χ0n) is 11.8. The second-order valence-electron chi connectivity index (χ2n) is 5.04. The van der Waals surface area contributed by atoms with E-state index in [1.165, 1.54) is 12.4 Å². The summed E-state index contributed by atoms with van der Waals surface area (Å²) < 4.78 is 39.1. The molecule has 6 heteroatoms. The Labute approximate surface area is 121 Å². The third kappa shape index (κ3) is 4.01. The molecule has 0 aliphatic heterocycles. The summed E-state index contributed by atoms with van der Waals surface area (Å²) in [5, 5.41) is 3.21. The molecule has 0 unspecified atom stereocenters. The number of hydrogen-bond donors (Lipinski definition) is 1. The number of nitrogens with zero attached hydrogens (tertiary/aromatic N) is 2. The van der Waals surface area contributed by atoms with E-state index in [9.17, 15) is 13.2 Å². The van der Waals surface area contributed by atoms with Crippen molar-refractivity contribution in [1.82, 2.24) is 15.3 Å². The maximum absolute atomic E-state index is 13.0. The summed E-state index contributed by atoms with van der Waals surface area (Å²) >= 11 is 0. The van der Waals surface area contributed by atoms with E-state index in [-0.39, 0.29) is 11.6 Å². The number of alkyl halides is 3. The lowest BCUT2D eigenvalue weighted by Crippen LogP contribution is -2.21. The van der Waals surface area contributed by atoms with Crippen molar-refractivity contribution in [2.45, 2.75) is 32.6 Å². The third-order valence-electron chi connectivity index (χ3n) is 2.95. The van der Waals surface area contributed by atoms with Crippen molar-refractivity contribution in [3.8, 4) is 11.1 Å². The fourth-order valence-electron chi connectivity index (χ4n) is 1.93. The lowest BCUT2D eigenvalue weighted by Gasteiger charge is -2.13. The maximum Gasteiger partial charge on any atom is 0.417 e. The predicted molar refractivity (Wildman–Crippen MR) is 74.4 cm³/mol. The standard InChI is InChI=1S/C15H16F3N3/c1-10(2)21-7-11-5-12(8-20-6-11)13-9-19-4-3-14(13)15(16,17)18/h3-6,8-10,21H,7H2,1-2H3.